The minimum Gasteiger partial charge on any atom is -0.480 e. The fourth-order valence-electron chi connectivity index (χ4n) is 1.84. The highest BCUT2D eigenvalue weighted by atomic mass is 16.4. The van der Waals surface area contributed by atoms with Crippen molar-refractivity contribution >= 4 is 11.8 Å². The summed E-state index contributed by atoms with van der Waals surface area (Å²) in [6.07, 6.45) is 5.74. The third-order valence-electron chi connectivity index (χ3n) is 3.14. The Balaban J connectivity index is 2.24. The van der Waals surface area contributed by atoms with Gasteiger partial charge >= 0.3 is 5.97 Å². The van der Waals surface area contributed by atoms with Gasteiger partial charge in [-0.1, -0.05) is 6.07 Å². The molecule has 0 fully saturated rings. The summed E-state index contributed by atoms with van der Waals surface area (Å²) in [6.45, 7) is 0. The van der Waals surface area contributed by atoms with Gasteiger partial charge in [0.15, 0.2) is 0 Å². The molecule has 20 heavy (non-hydrogen) atoms. The molecule has 0 aliphatic rings. The van der Waals surface area contributed by atoms with Gasteiger partial charge in [-0.3, -0.25) is 14.6 Å². The molecule has 0 saturated heterocycles. The number of rotatable bonds is 9. The summed E-state index contributed by atoms with van der Waals surface area (Å²) >= 11 is 0. The third-order valence-corrected chi connectivity index (χ3v) is 3.14. The van der Waals surface area contributed by atoms with Gasteiger partial charge in [-0.2, -0.15) is 0 Å². The van der Waals surface area contributed by atoms with E-state index in [0.29, 0.717) is 32.1 Å². The molecule has 2 atom stereocenters. The molecule has 6 heteroatoms. The highest BCUT2D eigenvalue weighted by Gasteiger charge is 2.16. The lowest BCUT2D eigenvalue weighted by Gasteiger charge is -2.11. The van der Waals surface area contributed by atoms with Crippen molar-refractivity contribution in [3.05, 3.63) is 30.1 Å². The molecule has 1 aromatic rings. The van der Waals surface area contributed by atoms with E-state index in [1.807, 2.05) is 12.1 Å². The predicted molar refractivity (Wildman–Crippen MR) is 75.0 cm³/mol. The molecule has 6 nitrogen and oxygen atoms in total. The molecule has 1 heterocycles. The lowest BCUT2D eigenvalue weighted by atomic mass is 9.99. The van der Waals surface area contributed by atoms with Crippen molar-refractivity contribution < 1.29 is 14.7 Å². The Hall–Kier alpha value is -1.79. The molecule has 0 radical (unpaired) electrons. The predicted octanol–water partition coefficient (Wildman–Crippen LogP) is 0.493. The van der Waals surface area contributed by atoms with E-state index in [9.17, 15) is 9.59 Å². The number of hydrogen-bond donors (Lipinski definition) is 3. The summed E-state index contributed by atoms with van der Waals surface area (Å²) in [7, 11) is 0. The number of pyridine rings is 1. The third kappa shape index (κ3) is 5.90. The quantitative estimate of drug-likeness (QED) is 0.605. The number of carboxylic acids is 1. The van der Waals surface area contributed by atoms with Gasteiger partial charge in [0.1, 0.15) is 11.8 Å². The maximum absolute atomic E-state index is 11.8. The molecule has 1 rings (SSSR count). The second kappa shape index (κ2) is 8.39. The van der Waals surface area contributed by atoms with Gasteiger partial charge in [-0.05, 0) is 37.3 Å². The number of ketones is 1. The number of aromatic nitrogens is 1. The minimum absolute atomic E-state index is 0.0160. The fourth-order valence-corrected chi connectivity index (χ4v) is 1.84. The van der Waals surface area contributed by atoms with Gasteiger partial charge in [-0.25, -0.2) is 0 Å². The lowest BCUT2D eigenvalue weighted by molar-refractivity contribution is -0.138. The van der Waals surface area contributed by atoms with Crippen molar-refractivity contribution in [2.45, 2.75) is 44.2 Å². The summed E-state index contributed by atoms with van der Waals surface area (Å²) in [5, 5.41) is 8.64. The van der Waals surface area contributed by atoms with E-state index in [1.54, 1.807) is 12.4 Å². The van der Waals surface area contributed by atoms with Gasteiger partial charge in [0.25, 0.3) is 0 Å². The van der Waals surface area contributed by atoms with Crippen molar-refractivity contribution in [2.24, 2.45) is 11.5 Å². The van der Waals surface area contributed by atoms with E-state index in [-0.39, 0.29) is 5.78 Å². The molecular weight excluding hydrogens is 258 g/mol. The van der Waals surface area contributed by atoms with Crippen molar-refractivity contribution in [2.75, 3.05) is 0 Å². The van der Waals surface area contributed by atoms with Crippen LogP contribution in [0, 0.1) is 0 Å². The molecule has 0 aromatic carbocycles. The van der Waals surface area contributed by atoms with Crippen molar-refractivity contribution in [3.8, 4) is 0 Å². The Morgan fingerprint density at radius 3 is 2.55 bits per heavy atom. The van der Waals surface area contributed by atoms with E-state index in [2.05, 4.69) is 4.98 Å². The average Bonchev–Trinajstić information content (AvgIpc) is 2.45. The first-order valence-corrected chi connectivity index (χ1v) is 6.66. The molecule has 5 N–H and O–H groups in total. The number of nitrogens with two attached hydrogens (primary N) is 2. The van der Waals surface area contributed by atoms with Crippen LogP contribution in [0.3, 0.4) is 0 Å². The van der Waals surface area contributed by atoms with Gasteiger partial charge < -0.3 is 16.6 Å². The minimum atomic E-state index is -1.03. The number of carboxylic acid groups (broad SMARTS) is 1. The molecule has 0 aliphatic carbocycles. The lowest BCUT2D eigenvalue weighted by Crippen LogP contribution is -2.33. The van der Waals surface area contributed by atoms with Gasteiger partial charge in [0.2, 0.25) is 0 Å². The zero-order valence-electron chi connectivity index (χ0n) is 11.4. The van der Waals surface area contributed by atoms with E-state index in [4.69, 9.17) is 16.6 Å². The summed E-state index contributed by atoms with van der Waals surface area (Å²) in [4.78, 5) is 26.4. The van der Waals surface area contributed by atoms with E-state index in [1.165, 1.54) is 0 Å². The average molecular weight is 279 g/mol. The number of aryl methyl sites for hydroxylation is 1. The standard InChI is InChI=1S/C14H21N3O3/c15-11(4-1-5-12(16)14(19)20)13(18)7-6-10-3-2-8-17-9-10/h2-3,8-9,11-12H,1,4-7,15-16H2,(H,19,20)/t11?,12-/m0/s1. The number of carbonyl (C=O) groups is 2. The largest absolute Gasteiger partial charge is 0.480 e. The maximum atomic E-state index is 11.8. The van der Waals surface area contributed by atoms with Crippen LogP contribution < -0.4 is 11.5 Å². The topological polar surface area (TPSA) is 119 Å². The molecule has 110 valence electrons. The van der Waals surface area contributed by atoms with Gasteiger partial charge in [0.05, 0.1) is 6.04 Å². The zero-order chi connectivity index (χ0) is 15.0. The zero-order valence-corrected chi connectivity index (χ0v) is 11.4. The summed E-state index contributed by atoms with van der Waals surface area (Å²) in [6, 6.07) is 2.31. The van der Waals surface area contributed by atoms with Crippen molar-refractivity contribution in [3.63, 3.8) is 0 Å². The smallest absolute Gasteiger partial charge is 0.320 e. The number of nitrogens with zero attached hydrogens (tertiary/aromatic N) is 1. The van der Waals surface area contributed by atoms with Crippen molar-refractivity contribution in [1.29, 1.82) is 0 Å². The first kappa shape index (κ1) is 16.3. The van der Waals surface area contributed by atoms with Crippen LogP contribution in [0.4, 0.5) is 0 Å². The highest BCUT2D eigenvalue weighted by Crippen LogP contribution is 2.07. The molecule has 0 aliphatic heterocycles. The number of aliphatic carboxylic acids is 1. The molecule has 1 unspecified atom stereocenters. The van der Waals surface area contributed by atoms with E-state index >= 15 is 0 Å². The molecular formula is C14H21N3O3. The monoisotopic (exact) mass is 279 g/mol. The Kier molecular flexibility index (Phi) is 6.83. The summed E-state index contributed by atoms with van der Waals surface area (Å²) in [5.41, 5.74) is 12.2. The first-order valence-electron chi connectivity index (χ1n) is 6.66. The van der Waals surface area contributed by atoms with Crippen LogP contribution in [0.1, 0.15) is 31.2 Å². The van der Waals surface area contributed by atoms with Crippen LogP contribution in [-0.4, -0.2) is 33.9 Å². The van der Waals surface area contributed by atoms with Gasteiger partial charge in [-0.15, -0.1) is 0 Å². The SMILES string of the molecule is NC(CCC[C@H](N)C(=O)O)C(=O)CCc1cccnc1. The molecule has 0 saturated carbocycles. The molecule has 0 amide bonds. The second-order valence-corrected chi connectivity index (χ2v) is 4.81. The molecule has 0 spiro atoms. The Bertz CT molecular complexity index is 437. The van der Waals surface area contributed by atoms with Gasteiger partial charge in [0, 0.05) is 18.8 Å². The van der Waals surface area contributed by atoms with E-state index < -0.39 is 18.1 Å². The maximum Gasteiger partial charge on any atom is 0.320 e. The van der Waals surface area contributed by atoms with Crippen molar-refractivity contribution in [1.82, 2.24) is 4.98 Å². The normalized spacial score (nSPS) is 13.7. The van der Waals surface area contributed by atoms with Crippen LogP contribution in [-0.2, 0) is 16.0 Å². The summed E-state index contributed by atoms with van der Waals surface area (Å²) in [5.74, 6) is -1.04. The Morgan fingerprint density at radius 1 is 1.25 bits per heavy atom. The number of Topliss-reactive ketones (excluding diaryl/α,β-unsaturated/α-hetero) is 1. The van der Waals surface area contributed by atoms with Crippen LogP contribution >= 0.6 is 0 Å². The van der Waals surface area contributed by atoms with Crippen LogP contribution in [0.25, 0.3) is 0 Å². The second-order valence-electron chi connectivity index (χ2n) is 4.81. The van der Waals surface area contributed by atoms with Crippen LogP contribution in [0.5, 0.6) is 0 Å². The fraction of sp³-hybridized carbons (Fsp3) is 0.500. The highest BCUT2D eigenvalue weighted by molar-refractivity contribution is 5.83. The number of carbonyl (C=O) groups excluding carboxylic acids is 1. The molecule has 1 aromatic heterocycles. The summed E-state index contributed by atoms with van der Waals surface area (Å²) < 4.78 is 0. The number of hydrogen-bond acceptors (Lipinski definition) is 5. The molecule has 0 bridgehead atoms. The van der Waals surface area contributed by atoms with Crippen LogP contribution in [0.2, 0.25) is 0 Å². The van der Waals surface area contributed by atoms with E-state index in [0.717, 1.165) is 5.56 Å². The Labute approximate surface area is 118 Å². The Morgan fingerprint density at radius 2 is 1.95 bits per heavy atom. The van der Waals surface area contributed by atoms with Crippen LogP contribution in [0.15, 0.2) is 24.5 Å². The first-order chi connectivity index (χ1) is 9.50.